The number of ketones is 1. The number of nitrogens with one attached hydrogen (secondary N) is 1. The van der Waals surface area contributed by atoms with Gasteiger partial charge in [-0.2, -0.15) is 0 Å². The fraction of sp³-hybridized carbons (Fsp3) is 0.918. The van der Waals surface area contributed by atoms with Gasteiger partial charge in [0, 0.05) is 39.1 Å². The van der Waals surface area contributed by atoms with Crippen molar-refractivity contribution in [1.82, 2.24) is 5.32 Å². The summed E-state index contributed by atoms with van der Waals surface area (Å²) in [5.74, 6) is 0.284. The second-order valence-electron chi connectivity index (χ2n) is 16.4. The molecule has 0 fully saturated rings. The highest BCUT2D eigenvalue weighted by Gasteiger charge is 2.21. The van der Waals surface area contributed by atoms with E-state index < -0.39 is 7.60 Å². The molecule has 57 heavy (non-hydrogen) atoms. The number of ether oxygens (including phenoxy) is 1. The Hall–Kier alpha value is -1.17. The first kappa shape index (κ1) is 57.9. The summed E-state index contributed by atoms with van der Waals surface area (Å²) in [5.41, 5.74) is 0.944. The molecule has 0 radical (unpaired) electrons. The predicted octanol–water partition coefficient (Wildman–Crippen LogP) is 16.4. The van der Waals surface area contributed by atoms with E-state index in [-0.39, 0.29) is 7.40 Å². The highest BCUT2D eigenvalue weighted by Crippen LogP contribution is 2.47. The first-order valence-corrected chi connectivity index (χ1v) is 26.4. The molecule has 0 bridgehead atoms. The summed E-state index contributed by atoms with van der Waals surface area (Å²) in [6, 6.07) is 0. The van der Waals surface area contributed by atoms with Gasteiger partial charge in [0.25, 0.3) is 0 Å². The third-order valence-corrected chi connectivity index (χ3v) is 12.9. The maximum atomic E-state index is 12.6. The van der Waals surface area contributed by atoms with Gasteiger partial charge in [-0.25, -0.2) is 0 Å². The number of allylic oxidation sites excluding steroid dienone is 1. The van der Waals surface area contributed by atoms with Crippen LogP contribution in [0.4, 0.5) is 0 Å². The molecule has 7 nitrogen and oxygen atoms in total. The normalized spacial score (nSPS) is 12.2. The fourth-order valence-corrected chi connectivity index (χ4v) is 8.16. The van der Waals surface area contributed by atoms with E-state index in [1.807, 2.05) is 13.8 Å². The molecule has 1 atom stereocenters. The van der Waals surface area contributed by atoms with Crippen molar-refractivity contribution in [3.63, 3.8) is 0 Å². The second kappa shape index (κ2) is 47.5. The SMILES string of the molecule is C=C(CC)NCCOP(=O)(CC)OCCCCC(=O)CCCCCCCCCCCCCCCCC.CCCCCCCCCCCCCCCCCC(=O)OC.[HH]. The van der Waals surface area contributed by atoms with Gasteiger partial charge >= 0.3 is 13.6 Å². The van der Waals surface area contributed by atoms with Crippen LogP contribution in [0.2, 0.25) is 0 Å². The number of carbonyl (C=O) groups excluding carboxylic acids is 2. The minimum atomic E-state index is -3.03. The van der Waals surface area contributed by atoms with Crippen molar-refractivity contribution in [3.8, 4) is 0 Å². The lowest BCUT2D eigenvalue weighted by molar-refractivity contribution is -0.140. The number of rotatable bonds is 45. The van der Waals surface area contributed by atoms with Crippen LogP contribution in [-0.2, 0) is 27.9 Å². The lowest BCUT2D eigenvalue weighted by Crippen LogP contribution is -2.18. The van der Waals surface area contributed by atoms with E-state index in [0.717, 1.165) is 37.8 Å². The molecule has 0 rings (SSSR count). The average molecular weight is 830 g/mol. The molecule has 0 saturated heterocycles. The summed E-state index contributed by atoms with van der Waals surface area (Å²) >= 11 is 0. The Morgan fingerprint density at radius 1 is 0.491 bits per heavy atom. The quantitative estimate of drug-likeness (QED) is 0.0371. The van der Waals surface area contributed by atoms with Crippen LogP contribution in [0.15, 0.2) is 12.3 Å². The van der Waals surface area contributed by atoms with Crippen LogP contribution < -0.4 is 5.32 Å². The number of hydrogen-bond acceptors (Lipinski definition) is 7. The number of unbranched alkanes of at least 4 members (excludes halogenated alkanes) is 29. The molecule has 0 aromatic heterocycles. The van der Waals surface area contributed by atoms with E-state index in [1.165, 1.54) is 187 Å². The Kier molecular flexibility index (Phi) is 48.3. The highest BCUT2D eigenvalue weighted by molar-refractivity contribution is 7.53. The average Bonchev–Trinajstić information content (AvgIpc) is 3.22. The Bertz CT molecular complexity index is 920. The lowest BCUT2D eigenvalue weighted by Gasteiger charge is -2.17. The monoisotopic (exact) mass is 830 g/mol. The first-order chi connectivity index (χ1) is 27.8. The van der Waals surface area contributed by atoms with Crippen molar-refractivity contribution >= 4 is 19.3 Å². The van der Waals surface area contributed by atoms with Crippen molar-refractivity contribution in [3.05, 3.63) is 12.3 Å². The van der Waals surface area contributed by atoms with Gasteiger partial charge in [-0.05, 0) is 32.1 Å². The molecule has 0 aliphatic rings. The van der Waals surface area contributed by atoms with E-state index in [4.69, 9.17) is 9.05 Å². The molecule has 0 heterocycles. The van der Waals surface area contributed by atoms with Crippen LogP contribution in [0.5, 0.6) is 0 Å². The van der Waals surface area contributed by atoms with Crippen LogP contribution in [0.25, 0.3) is 0 Å². The second-order valence-corrected chi connectivity index (χ2v) is 18.8. The van der Waals surface area contributed by atoms with Gasteiger partial charge in [0.1, 0.15) is 5.78 Å². The summed E-state index contributed by atoms with van der Waals surface area (Å²) in [5, 5.41) is 3.13. The van der Waals surface area contributed by atoms with Gasteiger partial charge in [0.15, 0.2) is 0 Å². The lowest BCUT2D eigenvalue weighted by atomic mass is 10.0. The molecule has 0 aliphatic carbocycles. The van der Waals surface area contributed by atoms with Gasteiger partial charge in [-0.15, -0.1) is 0 Å². The van der Waals surface area contributed by atoms with E-state index in [9.17, 15) is 14.2 Å². The maximum absolute atomic E-state index is 12.6. The number of carbonyl (C=O) groups is 2. The number of methoxy groups -OCH3 is 1. The summed E-state index contributed by atoms with van der Waals surface area (Å²) in [4.78, 5) is 23.0. The van der Waals surface area contributed by atoms with Gasteiger partial charge in [0.05, 0.1) is 20.3 Å². The van der Waals surface area contributed by atoms with E-state index in [0.29, 0.717) is 51.0 Å². The fourth-order valence-electron chi connectivity index (χ4n) is 6.95. The van der Waals surface area contributed by atoms with Gasteiger partial charge in [0.2, 0.25) is 0 Å². The van der Waals surface area contributed by atoms with Gasteiger partial charge in [-0.3, -0.25) is 14.2 Å². The zero-order valence-corrected chi connectivity index (χ0v) is 39.8. The van der Waals surface area contributed by atoms with Crippen molar-refractivity contribution in [2.75, 3.05) is 33.0 Å². The minimum Gasteiger partial charge on any atom is -0.469 e. The zero-order chi connectivity index (χ0) is 42.3. The smallest absolute Gasteiger partial charge is 0.330 e. The number of hydrogen-bond donors (Lipinski definition) is 1. The Morgan fingerprint density at radius 3 is 1.18 bits per heavy atom. The molecule has 0 spiro atoms. The van der Waals surface area contributed by atoms with Crippen molar-refractivity contribution in [2.24, 2.45) is 0 Å². The molecule has 0 aromatic rings. The minimum absolute atomic E-state index is 0. The van der Waals surface area contributed by atoms with Crippen molar-refractivity contribution in [2.45, 2.75) is 259 Å². The Labute approximate surface area is 357 Å². The van der Waals surface area contributed by atoms with Crippen LogP contribution in [0.1, 0.15) is 260 Å². The maximum Gasteiger partial charge on any atom is 0.330 e. The molecule has 8 heteroatoms. The van der Waals surface area contributed by atoms with E-state index in [2.05, 4.69) is 30.5 Å². The summed E-state index contributed by atoms with van der Waals surface area (Å²) in [6.45, 7) is 13.6. The zero-order valence-electron chi connectivity index (χ0n) is 38.9. The van der Waals surface area contributed by atoms with Crippen molar-refractivity contribution in [1.29, 1.82) is 0 Å². The molecule has 0 aromatic carbocycles. The Balaban J connectivity index is -0.00000117. The van der Waals surface area contributed by atoms with Crippen LogP contribution >= 0.6 is 7.60 Å². The first-order valence-electron chi connectivity index (χ1n) is 24.7. The van der Waals surface area contributed by atoms with Crippen LogP contribution in [-0.4, -0.2) is 44.8 Å². The summed E-state index contributed by atoms with van der Waals surface area (Å²) < 4.78 is 28.3. The van der Waals surface area contributed by atoms with Crippen LogP contribution in [0.3, 0.4) is 0 Å². The molecule has 0 amide bonds. The largest absolute Gasteiger partial charge is 0.469 e. The van der Waals surface area contributed by atoms with E-state index >= 15 is 0 Å². The third-order valence-electron chi connectivity index (χ3n) is 11.0. The van der Waals surface area contributed by atoms with E-state index in [1.54, 1.807) is 0 Å². The van der Waals surface area contributed by atoms with Crippen LogP contribution in [0, 0.1) is 0 Å². The summed E-state index contributed by atoms with van der Waals surface area (Å²) in [6.07, 6.45) is 45.1. The topological polar surface area (TPSA) is 90.9 Å². The van der Waals surface area contributed by atoms with Crippen molar-refractivity contribution < 1.29 is 29.4 Å². The van der Waals surface area contributed by atoms with Gasteiger partial charge in [-0.1, -0.05) is 214 Å². The molecular formula is C49H100NO6P. The molecule has 342 valence electrons. The molecule has 1 unspecified atom stereocenters. The molecular weight excluding hydrogens is 730 g/mol. The summed E-state index contributed by atoms with van der Waals surface area (Å²) in [7, 11) is -1.57. The number of Topliss-reactive ketones (excluding diaryl/α,β-unsaturated/α-hetero) is 1. The molecule has 0 aliphatic heterocycles. The highest BCUT2D eigenvalue weighted by atomic mass is 31.2. The number of esters is 1. The standard InChI is InChI=1S/C30H60NO4P.C19H38O2.H2/c1-5-8-9-10-11-12-13-14-15-16-17-18-19-20-21-24-30(32)25-22-23-27-34-36(33,7-3)35-28-26-31-29(4)6-2;1-3-4-5-6-7-8-9-10-11-12-13-14-15-16-17-18-19(20)21-2;/h31H,4-28H2,1-3H3;3-18H2,1-2H3;1H. The Morgan fingerprint density at radius 2 is 0.825 bits per heavy atom. The third kappa shape index (κ3) is 47.4. The molecule has 1 N–H and O–H groups in total. The predicted molar refractivity (Wildman–Crippen MR) is 250 cm³/mol. The molecule has 0 saturated carbocycles. The van der Waals surface area contributed by atoms with Gasteiger partial charge < -0.3 is 19.1 Å².